The summed E-state index contributed by atoms with van der Waals surface area (Å²) in [7, 11) is 2.56. The molecule has 108 valence electrons. The summed E-state index contributed by atoms with van der Waals surface area (Å²) >= 11 is 0. The van der Waals surface area contributed by atoms with Gasteiger partial charge in [0.2, 0.25) is 16.3 Å². The van der Waals surface area contributed by atoms with Gasteiger partial charge in [0, 0.05) is 6.42 Å². The molecule has 0 fully saturated rings. The zero-order valence-electron chi connectivity index (χ0n) is 11.5. The van der Waals surface area contributed by atoms with Crippen molar-refractivity contribution in [2.75, 3.05) is 28.3 Å². The van der Waals surface area contributed by atoms with Crippen LogP contribution in [0.4, 0.5) is 0 Å². The Bertz CT molecular complexity index is 359. The first-order valence-corrected chi connectivity index (χ1v) is 6.56. The van der Waals surface area contributed by atoms with Gasteiger partial charge >= 0.3 is 0 Å². The van der Waals surface area contributed by atoms with Crippen molar-refractivity contribution in [1.29, 1.82) is 0 Å². The van der Waals surface area contributed by atoms with Crippen molar-refractivity contribution in [1.82, 2.24) is 5.32 Å². The molecule has 0 aromatic rings. The molecule has 0 aliphatic rings. The monoisotopic (exact) mass is 282 g/mol. The molecule has 0 aromatic heterocycles. The number of hydrogen-bond acceptors (Lipinski definition) is 5. The second-order valence-electron chi connectivity index (χ2n) is 4.33. The van der Waals surface area contributed by atoms with E-state index in [-0.39, 0.29) is 12.1 Å². The molecule has 0 aromatic carbocycles. The SMILES string of the molecule is C=CC(=O)NC(CC)[N+](C)(C)C.COS(=O)(=O)[O-]. The Morgan fingerprint density at radius 2 is 1.89 bits per heavy atom. The van der Waals surface area contributed by atoms with Crippen LogP contribution in [0.5, 0.6) is 0 Å². The molecule has 0 aliphatic carbocycles. The van der Waals surface area contributed by atoms with E-state index in [0.717, 1.165) is 18.0 Å². The maximum atomic E-state index is 11.0. The number of rotatable bonds is 5. The normalized spacial score (nSPS) is 13.0. The Balaban J connectivity index is 0. The van der Waals surface area contributed by atoms with Gasteiger partial charge < -0.3 is 14.4 Å². The largest absolute Gasteiger partial charge is 0.726 e. The van der Waals surface area contributed by atoms with Crippen molar-refractivity contribution in [3.63, 3.8) is 0 Å². The van der Waals surface area contributed by atoms with Gasteiger partial charge in [-0.15, -0.1) is 0 Å². The molecule has 0 saturated carbocycles. The third-order valence-electron chi connectivity index (χ3n) is 2.02. The summed E-state index contributed by atoms with van der Waals surface area (Å²) in [4.78, 5) is 11.0. The molecule has 18 heavy (non-hydrogen) atoms. The van der Waals surface area contributed by atoms with Crippen LogP contribution in [0.3, 0.4) is 0 Å². The average molecular weight is 282 g/mol. The molecule has 0 spiro atoms. The first-order valence-electron chi connectivity index (χ1n) is 5.23. The highest BCUT2D eigenvalue weighted by Gasteiger charge is 2.22. The van der Waals surface area contributed by atoms with Gasteiger partial charge in [0.05, 0.1) is 28.3 Å². The van der Waals surface area contributed by atoms with Gasteiger partial charge in [-0.2, -0.15) is 0 Å². The fourth-order valence-electron chi connectivity index (χ4n) is 1.07. The second kappa shape index (κ2) is 8.20. The highest BCUT2D eigenvalue weighted by atomic mass is 32.3. The number of carbonyl (C=O) groups excluding carboxylic acids is 1. The van der Waals surface area contributed by atoms with Crippen LogP contribution < -0.4 is 5.32 Å². The van der Waals surface area contributed by atoms with Gasteiger partial charge in [-0.1, -0.05) is 13.5 Å². The molecule has 1 unspecified atom stereocenters. The molecule has 8 heteroatoms. The van der Waals surface area contributed by atoms with Gasteiger partial charge in [-0.3, -0.25) is 8.98 Å². The zero-order valence-corrected chi connectivity index (χ0v) is 12.3. The lowest BCUT2D eigenvalue weighted by Crippen LogP contribution is -2.54. The average Bonchev–Trinajstić information content (AvgIpc) is 2.23. The fourth-order valence-corrected chi connectivity index (χ4v) is 1.07. The molecule has 1 amide bonds. The van der Waals surface area contributed by atoms with E-state index in [1.807, 2.05) is 0 Å². The quantitative estimate of drug-likeness (QED) is 0.248. The summed E-state index contributed by atoms with van der Waals surface area (Å²) in [5, 5.41) is 2.87. The van der Waals surface area contributed by atoms with E-state index in [4.69, 9.17) is 0 Å². The number of quaternary nitrogens is 1. The molecule has 1 atom stereocenters. The van der Waals surface area contributed by atoms with Gasteiger partial charge in [0.15, 0.2) is 6.17 Å². The minimum Gasteiger partial charge on any atom is -0.726 e. The Morgan fingerprint density at radius 3 is 2.06 bits per heavy atom. The Morgan fingerprint density at radius 1 is 1.50 bits per heavy atom. The Kier molecular flexibility index (Phi) is 8.83. The topological polar surface area (TPSA) is 95.5 Å². The van der Waals surface area contributed by atoms with Crippen molar-refractivity contribution >= 4 is 16.3 Å². The van der Waals surface area contributed by atoms with E-state index in [9.17, 15) is 17.8 Å². The van der Waals surface area contributed by atoms with Crippen LogP contribution >= 0.6 is 0 Å². The van der Waals surface area contributed by atoms with Crippen LogP contribution in [0.25, 0.3) is 0 Å². The third-order valence-corrected chi connectivity index (χ3v) is 2.43. The van der Waals surface area contributed by atoms with Crippen molar-refractivity contribution in [2.24, 2.45) is 0 Å². The molecule has 0 heterocycles. The van der Waals surface area contributed by atoms with E-state index in [2.05, 4.69) is 44.1 Å². The highest BCUT2D eigenvalue weighted by molar-refractivity contribution is 7.80. The molecule has 0 radical (unpaired) electrons. The van der Waals surface area contributed by atoms with E-state index >= 15 is 0 Å². The summed E-state index contributed by atoms with van der Waals surface area (Å²) < 4.78 is 31.8. The van der Waals surface area contributed by atoms with Crippen molar-refractivity contribution in [3.05, 3.63) is 12.7 Å². The number of carbonyl (C=O) groups is 1. The standard InChI is InChI=1S/C9H18N2O.CH4O4S/c1-6-8(11(3,4)5)10-9(12)7-2;1-5-6(2,3)4/h7-8H,2,6H2,1,3-5H3;1H3,(H,2,3,4). The minimum atomic E-state index is -4.41. The van der Waals surface area contributed by atoms with E-state index in [1.54, 1.807) is 0 Å². The summed E-state index contributed by atoms with van der Waals surface area (Å²) in [5.41, 5.74) is 0. The van der Waals surface area contributed by atoms with Gasteiger partial charge in [-0.05, 0) is 6.08 Å². The maximum Gasteiger partial charge on any atom is 0.247 e. The molecule has 7 nitrogen and oxygen atoms in total. The van der Waals surface area contributed by atoms with Crippen LogP contribution in [-0.4, -0.2) is 57.8 Å². The highest BCUT2D eigenvalue weighted by Crippen LogP contribution is 2.03. The molecule has 0 aliphatic heterocycles. The van der Waals surface area contributed by atoms with Crippen molar-refractivity contribution < 1.29 is 26.4 Å². The molecule has 0 saturated heterocycles. The van der Waals surface area contributed by atoms with Gasteiger partial charge in [-0.25, -0.2) is 8.42 Å². The lowest BCUT2D eigenvalue weighted by molar-refractivity contribution is -0.898. The van der Waals surface area contributed by atoms with Gasteiger partial charge in [0.25, 0.3) is 0 Å². The third kappa shape index (κ3) is 11.5. The zero-order chi connectivity index (χ0) is 15.0. The van der Waals surface area contributed by atoms with Crippen LogP contribution in [0.15, 0.2) is 12.7 Å². The number of hydrogen-bond donors (Lipinski definition) is 1. The molecular formula is C10H22N2O5S. The number of nitrogens with one attached hydrogen (secondary N) is 1. The first kappa shape index (κ1) is 19.4. The lowest BCUT2D eigenvalue weighted by atomic mass is 10.3. The van der Waals surface area contributed by atoms with Crippen molar-refractivity contribution in [3.8, 4) is 0 Å². The molecule has 1 N–H and O–H groups in total. The number of amides is 1. The lowest BCUT2D eigenvalue weighted by Gasteiger charge is -2.33. The van der Waals surface area contributed by atoms with Crippen LogP contribution in [0.1, 0.15) is 13.3 Å². The summed E-state index contributed by atoms with van der Waals surface area (Å²) in [5.74, 6) is -0.102. The predicted molar refractivity (Wildman–Crippen MR) is 67.2 cm³/mol. The first-order chi connectivity index (χ1) is 7.97. The van der Waals surface area contributed by atoms with Crippen LogP contribution in [-0.2, 0) is 19.4 Å². The predicted octanol–water partition coefficient (Wildman–Crippen LogP) is -0.176. The van der Waals surface area contributed by atoms with Crippen LogP contribution in [0.2, 0.25) is 0 Å². The van der Waals surface area contributed by atoms with Crippen molar-refractivity contribution in [2.45, 2.75) is 19.5 Å². The second-order valence-corrected chi connectivity index (χ2v) is 5.48. The van der Waals surface area contributed by atoms with E-state index in [1.165, 1.54) is 6.08 Å². The summed E-state index contributed by atoms with van der Waals surface area (Å²) in [6.45, 7) is 5.46. The van der Waals surface area contributed by atoms with E-state index in [0.29, 0.717) is 0 Å². The Hall–Kier alpha value is -0.960. The molecule has 0 bridgehead atoms. The van der Waals surface area contributed by atoms with E-state index < -0.39 is 10.4 Å². The number of nitrogens with zero attached hydrogens (tertiary/aromatic N) is 1. The van der Waals surface area contributed by atoms with Gasteiger partial charge in [0.1, 0.15) is 0 Å². The maximum absolute atomic E-state index is 11.0. The fraction of sp³-hybridized carbons (Fsp3) is 0.700. The smallest absolute Gasteiger partial charge is 0.247 e. The Labute approximate surface area is 109 Å². The van der Waals surface area contributed by atoms with Crippen LogP contribution in [0, 0.1) is 0 Å². The molecule has 0 rings (SSSR count). The minimum absolute atomic E-state index is 0.102. The molecular weight excluding hydrogens is 260 g/mol. The summed E-state index contributed by atoms with van der Waals surface area (Å²) in [6.07, 6.45) is 2.39. The summed E-state index contributed by atoms with van der Waals surface area (Å²) in [6, 6.07) is 0.